The molecule has 226 valence electrons. The van der Waals surface area contributed by atoms with Crippen LogP contribution in [0.25, 0.3) is 11.0 Å². The molecule has 1 amide bonds. The lowest BCUT2D eigenvalue weighted by Gasteiger charge is -2.24. The minimum absolute atomic E-state index is 0.00510. The number of benzene rings is 1. The second-order valence-electron chi connectivity index (χ2n) is 9.36. The molecule has 1 heterocycles. The van der Waals surface area contributed by atoms with Gasteiger partial charge in [0.15, 0.2) is 0 Å². The number of esters is 1. The van der Waals surface area contributed by atoms with Crippen LogP contribution < -0.4 is 10.2 Å². The van der Waals surface area contributed by atoms with Gasteiger partial charge in [0.05, 0.1) is 54.7 Å². The summed E-state index contributed by atoms with van der Waals surface area (Å²) in [5.41, 5.74) is -1.16. The fourth-order valence-corrected chi connectivity index (χ4v) is 3.53. The van der Waals surface area contributed by atoms with E-state index in [1.807, 2.05) is 0 Å². The van der Waals surface area contributed by atoms with Crippen LogP contribution in [0.1, 0.15) is 44.0 Å². The summed E-state index contributed by atoms with van der Waals surface area (Å²) in [6.45, 7) is -10.7. The molecule has 0 saturated carbocycles. The minimum Gasteiger partial charge on any atom is -0.467 e. The number of ether oxygens (including phenoxy) is 2. The number of amides is 1. The number of hydrogen-bond acceptors (Lipinski definition) is 12. The molecule has 0 radical (unpaired) electrons. The van der Waals surface area contributed by atoms with Crippen LogP contribution in [0.2, 0.25) is 0 Å². The van der Waals surface area contributed by atoms with Gasteiger partial charge in [0.25, 0.3) is 20.2 Å². The maximum absolute atomic E-state index is 12.4. The first-order valence-corrected chi connectivity index (χ1v) is 15.1. The average molecular weight is 615 g/mol. The number of carbonyl (C=O) groups is 2. The van der Waals surface area contributed by atoms with Crippen LogP contribution in [-0.4, -0.2) is 95.8 Å². The summed E-state index contributed by atoms with van der Waals surface area (Å²) in [4.78, 5) is 28.9. The highest BCUT2D eigenvalue weighted by molar-refractivity contribution is 7.86. The molecule has 16 heteroatoms. The van der Waals surface area contributed by atoms with Gasteiger partial charge in [-0.25, -0.2) is 14.6 Å². The zero-order valence-electron chi connectivity index (χ0n) is 31.0. The number of aromatic nitrogens is 2. The van der Waals surface area contributed by atoms with Crippen LogP contribution in [0.3, 0.4) is 0 Å². The Kier molecular flexibility index (Phi) is 7.72. The Balaban J connectivity index is 2.67. The first-order valence-electron chi connectivity index (χ1n) is 15.5. The van der Waals surface area contributed by atoms with Crippen LogP contribution in [0.15, 0.2) is 18.2 Å². The molecule has 1 aromatic heterocycles. The van der Waals surface area contributed by atoms with Crippen molar-refractivity contribution < 1.29 is 55.2 Å². The Morgan fingerprint density at radius 1 is 1.10 bits per heavy atom. The van der Waals surface area contributed by atoms with Gasteiger partial charge in [-0.3, -0.25) is 8.37 Å². The van der Waals surface area contributed by atoms with Gasteiger partial charge < -0.3 is 24.3 Å². The molecule has 2 aromatic rings. The third-order valence-corrected chi connectivity index (χ3v) is 5.52. The summed E-state index contributed by atoms with van der Waals surface area (Å²) in [6, 6.07) is 2.15. The average Bonchev–Trinajstić information content (AvgIpc) is 3.16. The van der Waals surface area contributed by atoms with Crippen molar-refractivity contribution >= 4 is 49.0 Å². The Bertz CT molecular complexity index is 1690. The van der Waals surface area contributed by atoms with Crippen LogP contribution in [-0.2, 0) is 56.3 Å². The van der Waals surface area contributed by atoms with Crippen LogP contribution in [0.4, 0.5) is 10.5 Å². The maximum Gasteiger partial charge on any atom is 0.408 e. The SMILES string of the molecule is [2H]C([2H])(OS(C)(=O)=O)C([2H])([2H])N(c1ccc2c(c1)nc(CC[C@H](NC(=O)OC(C)(C)C)C(=O)OC)n2C)C([2H])([2H])C([2H])([2H])OS(C)(=O)=O. The van der Waals surface area contributed by atoms with E-state index in [9.17, 15) is 26.4 Å². The lowest BCUT2D eigenvalue weighted by Crippen LogP contribution is -2.44. The van der Waals surface area contributed by atoms with Crippen molar-refractivity contribution in [1.82, 2.24) is 14.9 Å². The van der Waals surface area contributed by atoms with Crippen LogP contribution in [0.5, 0.6) is 0 Å². The fraction of sp³-hybridized carbons (Fsp3) is 0.625. The summed E-state index contributed by atoms with van der Waals surface area (Å²) >= 11 is 0. The van der Waals surface area contributed by atoms with E-state index in [1.54, 1.807) is 27.8 Å². The molecule has 1 atom stereocenters. The number of nitrogens with one attached hydrogen (secondary N) is 1. The number of alkyl carbamates (subject to hydrolysis) is 1. The molecule has 40 heavy (non-hydrogen) atoms. The zero-order chi connectivity index (χ0) is 37.5. The van der Waals surface area contributed by atoms with E-state index in [2.05, 4.69) is 18.7 Å². The summed E-state index contributed by atoms with van der Waals surface area (Å²) in [5, 5.41) is 2.42. The van der Waals surface area contributed by atoms with Crippen molar-refractivity contribution in [1.29, 1.82) is 0 Å². The quantitative estimate of drug-likeness (QED) is 0.239. The second-order valence-corrected chi connectivity index (χ2v) is 12.5. The van der Waals surface area contributed by atoms with Gasteiger partial charge in [0, 0.05) is 32.1 Å². The van der Waals surface area contributed by atoms with Gasteiger partial charge in [-0.15, -0.1) is 0 Å². The monoisotopic (exact) mass is 614 g/mol. The molecular formula is C24H38N4O10S2. The smallest absolute Gasteiger partial charge is 0.408 e. The van der Waals surface area contributed by atoms with E-state index in [1.165, 1.54) is 10.6 Å². The van der Waals surface area contributed by atoms with E-state index in [-0.39, 0.29) is 29.1 Å². The lowest BCUT2D eigenvalue weighted by atomic mass is 10.1. The second kappa shape index (κ2) is 13.6. The van der Waals surface area contributed by atoms with Gasteiger partial charge in [-0.05, 0) is 45.4 Å². The largest absolute Gasteiger partial charge is 0.467 e. The van der Waals surface area contributed by atoms with E-state index in [0.29, 0.717) is 18.0 Å². The maximum atomic E-state index is 12.4. The van der Waals surface area contributed by atoms with Gasteiger partial charge in [0.1, 0.15) is 17.5 Å². The number of rotatable bonds is 14. The summed E-state index contributed by atoms with van der Waals surface area (Å²) in [7, 11) is -6.78. The number of carbonyl (C=O) groups excluding carboxylic acids is 2. The third-order valence-electron chi connectivity index (χ3n) is 4.75. The number of fused-ring (bicyclic) bond motifs is 1. The molecule has 1 aromatic carbocycles. The Morgan fingerprint density at radius 2 is 1.68 bits per heavy atom. The van der Waals surface area contributed by atoms with E-state index in [0.717, 1.165) is 19.2 Å². The summed E-state index contributed by atoms with van der Waals surface area (Å²) < 4.78 is 134. The molecule has 0 bridgehead atoms. The first kappa shape index (κ1) is 22.7. The highest BCUT2D eigenvalue weighted by atomic mass is 32.2. The molecule has 0 unspecified atom stereocenters. The molecular weight excluding hydrogens is 568 g/mol. The van der Waals surface area contributed by atoms with E-state index >= 15 is 0 Å². The third kappa shape index (κ3) is 11.3. The normalized spacial score (nSPS) is 17.6. The number of imidazole rings is 1. The number of hydrogen-bond donors (Lipinski definition) is 1. The fourth-order valence-electron chi connectivity index (χ4n) is 3.15. The van der Waals surface area contributed by atoms with Gasteiger partial charge in [-0.2, -0.15) is 16.8 Å². The molecule has 2 rings (SSSR count). The molecule has 0 aliphatic heterocycles. The topological polar surface area (TPSA) is 172 Å². The van der Waals surface area contributed by atoms with Crippen LogP contribution >= 0.6 is 0 Å². The van der Waals surface area contributed by atoms with Gasteiger partial charge in [0.2, 0.25) is 0 Å². The van der Waals surface area contributed by atoms with Crippen molar-refractivity contribution in [2.45, 2.75) is 45.3 Å². The molecule has 0 aliphatic carbocycles. The van der Waals surface area contributed by atoms with Crippen molar-refractivity contribution in [3.8, 4) is 0 Å². The standard InChI is InChI=1S/C24H38N4O10S2/c1-24(2,3)38-23(30)26-18(22(29)35-5)9-11-21-25-19-16-17(8-10-20(19)27(21)4)28(12-14-36-39(6,31)32)13-15-37-40(7,33)34/h8,10,16,18H,9,11-15H2,1-7H3,(H,26,30)/t18-/m0/s1/i12D2,13D2,14D2,15D2. The number of anilines is 1. The molecule has 0 spiro atoms. The predicted octanol–water partition coefficient (Wildman–Crippen LogP) is 1.33. The van der Waals surface area contributed by atoms with Crippen molar-refractivity contribution in [3.63, 3.8) is 0 Å². The molecule has 1 N–H and O–H groups in total. The number of nitrogens with zero attached hydrogens (tertiary/aromatic N) is 3. The number of methoxy groups -OCH3 is 1. The van der Waals surface area contributed by atoms with E-state index < -0.39 is 75.7 Å². The van der Waals surface area contributed by atoms with Gasteiger partial charge >= 0.3 is 12.1 Å². The van der Waals surface area contributed by atoms with Crippen molar-refractivity contribution in [3.05, 3.63) is 24.0 Å². The summed E-state index contributed by atoms with van der Waals surface area (Å²) in [6.07, 6.45) is -0.0888. The number of aryl methyl sites for hydroxylation is 2. The lowest BCUT2D eigenvalue weighted by molar-refractivity contribution is -0.143. The van der Waals surface area contributed by atoms with E-state index in [4.69, 9.17) is 20.4 Å². The Morgan fingerprint density at radius 3 is 2.17 bits per heavy atom. The zero-order valence-corrected chi connectivity index (χ0v) is 24.6. The predicted molar refractivity (Wildman–Crippen MR) is 148 cm³/mol. The Labute approximate surface area is 246 Å². The minimum atomic E-state index is -4.73. The van der Waals surface area contributed by atoms with Crippen molar-refractivity contribution in [2.75, 3.05) is 50.6 Å². The van der Waals surface area contributed by atoms with Gasteiger partial charge in [-0.1, -0.05) is 0 Å². The highest BCUT2D eigenvalue weighted by Crippen LogP contribution is 2.23. The first-order chi connectivity index (χ1) is 21.3. The highest BCUT2D eigenvalue weighted by Gasteiger charge is 2.25. The van der Waals surface area contributed by atoms with Crippen LogP contribution in [0, 0.1) is 0 Å². The molecule has 0 aliphatic rings. The molecule has 0 fully saturated rings. The summed E-state index contributed by atoms with van der Waals surface area (Å²) in [5.74, 6) is -0.496. The molecule has 0 saturated heterocycles. The molecule has 14 nitrogen and oxygen atoms in total. The Hall–Kier alpha value is -2.95. The van der Waals surface area contributed by atoms with Crippen molar-refractivity contribution in [2.24, 2.45) is 7.05 Å².